The van der Waals surface area contributed by atoms with Crippen LogP contribution in [0.3, 0.4) is 0 Å². The zero-order chi connectivity index (χ0) is 21.1. The maximum atomic E-state index is 13.2. The SMILES string of the molecule is O=C1C(CCS(=O)c2ccc(O)cc2)C(=O)N(c2ccccc2)N1c1ccccc1. The van der Waals surface area contributed by atoms with Crippen LogP contribution in [0.4, 0.5) is 11.4 Å². The van der Waals surface area contributed by atoms with Gasteiger partial charge in [0.2, 0.25) is 0 Å². The lowest BCUT2D eigenvalue weighted by molar-refractivity contribution is -0.127. The molecule has 2 amide bonds. The maximum absolute atomic E-state index is 13.2. The first-order chi connectivity index (χ1) is 14.6. The number of hydrogen-bond donors (Lipinski definition) is 1. The van der Waals surface area contributed by atoms with Crippen molar-refractivity contribution in [1.82, 2.24) is 0 Å². The van der Waals surface area contributed by atoms with Crippen LogP contribution in [0.2, 0.25) is 0 Å². The van der Waals surface area contributed by atoms with Crippen LogP contribution in [0, 0.1) is 5.92 Å². The van der Waals surface area contributed by atoms with Gasteiger partial charge in [0.25, 0.3) is 11.8 Å². The van der Waals surface area contributed by atoms with Crippen molar-refractivity contribution >= 4 is 34.0 Å². The molecule has 152 valence electrons. The van der Waals surface area contributed by atoms with Crippen molar-refractivity contribution in [2.24, 2.45) is 5.92 Å². The number of nitrogens with zero attached hydrogens (tertiary/aromatic N) is 2. The number of anilines is 2. The van der Waals surface area contributed by atoms with E-state index in [9.17, 15) is 18.9 Å². The quantitative estimate of drug-likeness (QED) is 0.619. The van der Waals surface area contributed by atoms with E-state index in [2.05, 4.69) is 0 Å². The number of phenolic OH excluding ortho intramolecular Hbond substituents is 1. The number of carbonyl (C=O) groups excluding carboxylic acids is 2. The Morgan fingerprint density at radius 1 is 0.733 bits per heavy atom. The Hall–Kier alpha value is -3.45. The number of hydrazine groups is 1. The average molecular weight is 420 g/mol. The first-order valence-electron chi connectivity index (χ1n) is 9.51. The van der Waals surface area contributed by atoms with E-state index >= 15 is 0 Å². The third-order valence-electron chi connectivity index (χ3n) is 4.91. The highest BCUT2D eigenvalue weighted by Gasteiger charge is 2.46. The highest BCUT2D eigenvalue weighted by Crippen LogP contribution is 2.33. The van der Waals surface area contributed by atoms with Gasteiger partial charge in [0.15, 0.2) is 0 Å². The Balaban J connectivity index is 1.59. The van der Waals surface area contributed by atoms with E-state index in [-0.39, 0.29) is 29.7 Å². The van der Waals surface area contributed by atoms with Crippen LogP contribution in [-0.2, 0) is 20.4 Å². The number of carbonyl (C=O) groups is 2. The zero-order valence-corrected chi connectivity index (χ0v) is 16.9. The molecule has 4 rings (SSSR count). The van der Waals surface area contributed by atoms with Crippen LogP contribution < -0.4 is 10.0 Å². The molecule has 7 heteroatoms. The second-order valence-electron chi connectivity index (χ2n) is 6.86. The van der Waals surface area contributed by atoms with Crippen LogP contribution in [0.15, 0.2) is 89.8 Å². The maximum Gasteiger partial charge on any atom is 0.258 e. The number of para-hydroxylation sites is 2. The molecule has 1 aliphatic rings. The molecule has 6 nitrogen and oxygen atoms in total. The lowest BCUT2D eigenvalue weighted by atomic mass is 10.1. The summed E-state index contributed by atoms with van der Waals surface area (Å²) in [6.45, 7) is 0. The largest absolute Gasteiger partial charge is 0.508 e. The summed E-state index contributed by atoms with van der Waals surface area (Å²) in [4.78, 5) is 27.0. The van der Waals surface area contributed by atoms with Gasteiger partial charge in [-0.1, -0.05) is 36.4 Å². The van der Waals surface area contributed by atoms with E-state index in [1.54, 1.807) is 36.4 Å². The summed E-state index contributed by atoms with van der Waals surface area (Å²) in [5.74, 6) is -1.33. The highest BCUT2D eigenvalue weighted by atomic mass is 32.2. The van der Waals surface area contributed by atoms with Crippen LogP contribution in [0.5, 0.6) is 5.75 Å². The molecule has 30 heavy (non-hydrogen) atoms. The summed E-state index contributed by atoms with van der Waals surface area (Å²) >= 11 is 0. The minimum absolute atomic E-state index is 0.0916. The van der Waals surface area contributed by atoms with Crippen molar-refractivity contribution in [1.29, 1.82) is 0 Å². The molecule has 0 radical (unpaired) electrons. The Kier molecular flexibility index (Phi) is 5.63. The molecule has 0 aromatic heterocycles. The molecular formula is C23H20N2O4S. The van der Waals surface area contributed by atoms with Gasteiger partial charge in [-0.3, -0.25) is 13.8 Å². The lowest BCUT2D eigenvalue weighted by Gasteiger charge is -2.27. The fourth-order valence-electron chi connectivity index (χ4n) is 3.41. The van der Waals surface area contributed by atoms with Gasteiger partial charge < -0.3 is 5.11 Å². The highest BCUT2D eigenvalue weighted by molar-refractivity contribution is 7.85. The molecule has 1 unspecified atom stereocenters. The van der Waals surface area contributed by atoms with E-state index in [0.717, 1.165) is 0 Å². The van der Waals surface area contributed by atoms with Crippen molar-refractivity contribution in [3.63, 3.8) is 0 Å². The molecule has 1 aliphatic heterocycles. The normalized spacial score (nSPS) is 15.6. The van der Waals surface area contributed by atoms with E-state index in [0.29, 0.717) is 16.3 Å². The Morgan fingerprint density at radius 2 is 1.20 bits per heavy atom. The number of benzene rings is 3. The second kappa shape index (κ2) is 8.51. The molecule has 0 spiro atoms. The molecule has 3 aromatic rings. The molecule has 0 saturated carbocycles. The van der Waals surface area contributed by atoms with Crippen LogP contribution in [0.1, 0.15) is 6.42 Å². The van der Waals surface area contributed by atoms with Crippen LogP contribution >= 0.6 is 0 Å². The predicted octanol–water partition coefficient (Wildman–Crippen LogP) is 3.50. The molecule has 1 heterocycles. The van der Waals surface area contributed by atoms with E-state index in [1.165, 1.54) is 22.2 Å². The first-order valence-corrected chi connectivity index (χ1v) is 10.8. The summed E-state index contributed by atoms with van der Waals surface area (Å²) in [6.07, 6.45) is 0.165. The summed E-state index contributed by atoms with van der Waals surface area (Å²) in [5.41, 5.74) is 1.20. The molecule has 0 bridgehead atoms. The first kappa shape index (κ1) is 19.8. The summed E-state index contributed by atoms with van der Waals surface area (Å²) in [6, 6.07) is 24.1. The second-order valence-corrected chi connectivity index (χ2v) is 8.43. The molecular weight excluding hydrogens is 400 g/mol. The van der Waals surface area contributed by atoms with Gasteiger partial charge in [-0.25, -0.2) is 10.0 Å². The fourth-order valence-corrected chi connectivity index (χ4v) is 4.53. The van der Waals surface area contributed by atoms with Gasteiger partial charge in [-0.15, -0.1) is 0 Å². The number of rotatable bonds is 6. The molecule has 0 aliphatic carbocycles. The van der Waals surface area contributed by atoms with E-state index in [1.807, 2.05) is 36.4 Å². The third kappa shape index (κ3) is 3.84. The topological polar surface area (TPSA) is 77.9 Å². The van der Waals surface area contributed by atoms with Crippen LogP contribution in [-0.4, -0.2) is 26.9 Å². The molecule has 1 atom stereocenters. The van der Waals surface area contributed by atoms with Crippen molar-refractivity contribution in [3.05, 3.63) is 84.9 Å². The molecule has 3 aromatic carbocycles. The zero-order valence-electron chi connectivity index (χ0n) is 16.0. The Morgan fingerprint density at radius 3 is 1.67 bits per heavy atom. The predicted molar refractivity (Wildman–Crippen MR) is 115 cm³/mol. The summed E-state index contributed by atoms with van der Waals surface area (Å²) in [5, 5.41) is 12.2. The van der Waals surface area contributed by atoms with Gasteiger partial charge in [0, 0.05) is 10.6 Å². The van der Waals surface area contributed by atoms with Crippen molar-refractivity contribution in [2.75, 3.05) is 15.8 Å². The smallest absolute Gasteiger partial charge is 0.258 e. The minimum atomic E-state index is -1.38. The average Bonchev–Trinajstić information content (AvgIpc) is 3.03. The van der Waals surface area contributed by atoms with Crippen molar-refractivity contribution in [2.45, 2.75) is 11.3 Å². The van der Waals surface area contributed by atoms with Gasteiger partial charge in [0.05, 0.1) is 22.2 Å². The molecule has 1 saturated heterocycles. The lowest BCUT2D eigenvalue weighted by Crippen LogP contribution is -2.41. The Labute approximate surface area is 176 Å². The summed E-state index contributed by atoms with van der Waals surface area (Å²) < 4.78 is 12.6. The van der Waals surface area contributed by atoms with Gasteiger partial charge in [-0.2, -0.15) is 0 Å². The Bertz CT molecular complexity index is 1010. The number of phenols is 1. The standard InChI is InChI=1S/C23H20N2O4S/c26-19-11-13-20(14-12-19)30(29)16-15-21-22(27)24(17-7-3-1-4-8-17)25(23(21)28)18-9-5-2-6-10-18/h1-14,21,26H,15-16H2. The van der Waals surface area contributed by atoms with Crippen LogP contribution in [0.25, 0.3) is 0 Å². The third-order valence-corrected chi connectivity index (χ3v) is 6.31. The van der Waals surface area contributed by atoms with Crippen molar-refractivity contribution < 1.29 is 18.9 Å². The van der Waals surface area contributed by atoms with Gasteiger partial charge in [0.1, 0.15) is 11.7 Å². The van der Waals surface area contributed by atoms with Gasteiger partial charge >= 0.3 is 0 Å². The number of amides is 2. The number of aromatic hydroxyl groups is 1. The van der Waals surface area contributed by atoms with Gasteiger partial charge in [-0.05, 0) is 55.0 Å². The summed E-state index contributed by atoms with van der Waals surface area (Å²) in [7, 11) is -1.38. The minimum Gasteiger partial charge on any atom is -0.508 e. The van der Waals surface area contributed by atoms with E-state index in [4.69, 9.17) is 0 Å². The van der Waals surface area contributed by atoms with Crippen molar-refractivity contribution in [3.8, 4) is 5.75 Å². The number of hydrogen-bond acceptors (Lipinski definition) is 4. The fraction of sp³-hybridized carbons (Fsp3) is 0.130. The van der Waals surface area contributed by atoms with E-state index < -0.39 is 16.7 Å². The molecule has 1 fully saturated rings. The monoisotopic (exact) mass is 420 g/mol. The molecule has 1 N–H and O–H groups in total.